The number of aliphatic hydroxyl groups is 2. The lowest BCUT2D eigenvalue weighted by atomic mass is 10.1. The summed E-state index contributed by atoms with van der Waals surface area (Å²) in [5.74, 6) is -0.295. The third-order valence-corrected chi connectivity index (χ3v) is 8.29. The molecule has 2 saturated heterocycles. The van der Waals surface area contributed by atoms with E-state index in [0.29, 0.717) is 0 Å². The number of anilines is 1. The molecule has 2 aliphatic rings. The average Bonchev–Trinajstić information content (AvgIpc) is 3.71. The van der Waals surface area contributed by atoms with Crippen molar-refractivity contribution in [3.05, 3.63) is 27.0 Å². The highest BCUT2D eigenvalue weighted by molar-refractivity contribution is 8.07. The van der Waals surface area contributed by atoms with Crippen LogP contribution in [0.25, 0.3) is 22.3 Å². The number of H-pyrrole nitrogens is 2. The van der Waals surface area contributed by atoms with Crippen molar-refractivity contribution < 1.29 is 42.4 Å². The molecule has 0 radical (unpaired) electrons. The number of nitrogens with zero attached hydrogens (tertiary/aromatic N) is 8. The van der Waals surface area contributed by atoms with Gasteiger partial charge in [0.1, 0.15) is 18.3 Å². The molecule has 4 aromatic heterocycles. The molecule has 0 aromatic carbocycles. The second-order valence-electron chi connectivity index (χ2n) is 9.45. The molecule has 0 aliphatic carbocycles. The number of nitrogen functional groups attached to an aromatic ring is 1. The molecule has 2 aliphatic heterocycles. The van der Waals surface area contributed by atoms with E-state index >= 15 is 8.78 Å². The summed E-state index contributed by atoms with van der Waals surface area (Å²) in [4.78, 5) is 47.3. The first-order valence-electron chi connectivity index (χ1n) is 12.4. The number of aliphatic hydroxyl groups excluding tert-OH is 2. The van der Waals surface area contributed by atoms with Crippen LogP contribution in [0.15, 0.2) is 15.9 Å². The second-order valence-corrected chi connectivity index (χ2v) is 12.2. The fourth-order valence-corrected chi connectivity index (χ4v) is 6.13. The van der Waals surface area contributed by atoms with Crippen LogP contribution >= 0.6 is 6.72 Å². The minimum absolute atomic E-state index is 0.113. The SMILES string of the molecule is Nc1nc2c(nnn2[C@@H]2O[C@H](CCO)[C@@H](F)[C@H]2OP(O)(=S)OC[C@H]2O[C@@H](n3nnc4c(=O)[nH]cnc43)[C@@H](F)[C@@H]2O)c(=O)[nH]1. The van der Waals surface area contributed by atoms with E-state index in [1.54, 1.807) is 0 Å². The van der Waals surface area contributed by atoms with Crippen LogP contribution in [0.4, 0.5) is 14.7 Å². The quantitative estimate of drug-likeness (QED) is 0.102. The molecule has 0 saturated carbocycles. The summed E-state index contributed by atoms with van der Waals surface area (Å²) in [5, 5.41) is 34.6. The fraction of sp³-hybridized carbons (Fsp3) is 0.579. The minimum atomic E-state index is -4.40. The van der Waals surface area contributed by atoms with Gasteiger partial charge in [-0.15, -0.1) is 10.2 Å². The molecule has 4 aromatic rings. The molecule has 9 atom stereocenters. The normalized spacial score (nSPS) is 30.8. The van der Waals surface area contributed by atoms with E-state index in [4.69, 9.17) is 36.1 Å². The number of halogens is 2. The molecule has 0 spiro atoms. The second kappa shape index (κ2) is 11.3. The number of aromatic nitrogens is 10. The van der Waals surface area contributed by atoms with Crippen LogP contribution in [0.5, 0.6) is 0 Å². The Morgan fingerprint density at radius 3 is 2.47 bits per heavy atom. The van der Waals surface area contributed by atoms with Crippen LogP contribution in [0.3, 0.4) is 0 Å². The molecular formula is C19H22F2N11O9PS. The smallest absolute Gasteiger partial charge is 0.325 e. The van der Waals surface area contributed by atoms with Crippen LogP contribution in [0.1, 0.15) is 18.9 Å². The Labute approximate surface area is 241 Å². The first kappa shape index (κ1) is 29.7. The van der Waals surface area contributed by atoms with Crippen LogP contribution < -0.4 is 16.9 Å². The maximum atomic E-state index is 15.5. The van der Waals surface area contributed by atoms with Crippen molar-refractivity contribution in [2.75, 3.05) is 18.9 Å². The van der Waals surface area contributed by atoms with E-state index in [1.165, 1.54) is 0 Å². The van der Waals surface area contributed by atoms with Crippen molar-refractivity contribution in [3.8, 4) is 0 Å². The predicted octanol–water partition coefficient (Wildman–Crippen LogP) is -2.54. The number of nitrogens with two attached hydrogens (primary N) is 1. The zero-order valence-corrected chi connectivity index (χ0v) is 23.1. The molecular weight excluding hydrogens is 627 g/mol. The summed E-state index contributed by atoms with van der Waals surface area (Å²) in [6, 6.07) is 0. The van der Waals surface area contributed by atoms with Crippen molar-refractivity contribution in [1.82, 2.24) is 49.9 Å². The Hall–Kier alpha value is -3.41. The molecule has 20 nitrogen and oxygen atoms in total. The number of hydrogen-bond acceptors (Lipinski definition) is 16. The van der Waals surface area contributed by atoms with Gasteiger partial charge in [0.2, 0.25) is 5.95 Å². The molecule has 232 valence electrons. The van der Waals surface area contributed by atoms with Crippen molar-refractivity contribution in [3.63, 3.8) is 0 Å². The zero-order chi connectivity index (χ0) is 30.6. The van der Waals surface area contributed by atoms with Gasteiger partial charge in [-0.2, -0.15) is 14.3 Å². The Bertz CT molecular complexity index is 1820. The van der Waals surface area contributed by atoms with E-state index in [0.717, 1.165) is 15.7 Å². The lowest BCUT2D eigenvalue weighted by molar-refractivity contribution is -0.0578. The first-order valence-corrected chi connectivity index (χ1v) is 15.0. The number of alkyl halides is 2. The van der Waals surface area contributed by atoms with E-state index in [9.17, 15) is 24.7 Å². The molecule has 0 bridgehead atoms. The monoisotopic (exact) mass is 649 g/mol. The van der Waals surface area contributed by atoms with Crippen molar-refractivity contribution in [1.29, 1.82) is 0 Å². The standard InChI is InChI=1S/C19H22F2N11O9PS/c20-7-5(1-2-33)39-18(32-14-10(28-30-32)16(36)26-19(22)25-14)12(7)41-42(37,43)38-3-6-11(34)8(21)17(40-6)31-13-9(27-29-31)15(35)24-4-23-13/h4-8,11-12,17-18,33-34H,1-3H2,(H,37,43)(H,23,24,35)(H3,22,25,26,36)/t5-,6-,7-,8+,11-,12-,17-,18-,42?/m1/s1. The van der Waals surface area contributed by atoms with Crippen molar-refractivity contribution >= 4 is 46.8 Å². The molecule has 6 rings (SSSR count). The summed E-state index contributed by atoms with van der Waals surface area (Å²) in [5.41, 5.74) is 3.51. The van der Waals surface area contributed by atoms with E-state index in [-0.39, 0.29) is 34.7 Å². The average molecular weight is 649 g/mol. The molecule has 0 amide bonds. The van der Waals surface area contributed by atoms with Gasteiger partial charge in [0.15, 0.2) is 47.1 Å². The third kappa shape index (κ3) is 5.32. The first-order chi connectivity index (χ1) is 20.5. The highest BCUT2D eigenvalue weighted by Crippen LogP contribution is 2.51. The Morgan fingerprint density at radius 1 is 1.07 bits per heavy atom. The van der Waals surface area contributed by atoms with E-state index in [1.807, 2.05) is 0 Å². The molecule has 6 heterocycles. The lowest BCUT2D eigenvalue weighted by Crippen LogP contribution is -2.33. The summed E-state index contributed by atoms with van der Waals surface area (Å²) < 4.78 is 54.3. The maximum Gasteiger partial charge on any atom is 0.325 e. The summed E-state index contributed by atoms with van der Waals surface area (Å²) in [7, 11) is 0. The summed E-state index contributed by atoms with van der Waals surface area (Å²) in [6.45, 7) is -5.59. The fourth-order valence-electron chi connectivity index (χ4n) is 4.73. The number of rotatable bonds is 9. The Balaban J connectivity index is 1.20. The number of nitrogens with one attached hydrogen (secondary N) is 2. The summed E-state index contributed by atoms with van der Waals surface area (Å²) >= 11 is 5.05. The van der Waals surface area contributed by atoms with Gasteiger partial charge in [0.25, 0.3) is 11.1 Å². The summed E-state index contributed by atoms with van der Waals surface area (Å²) in [6.07, 6.45) is -12.5. The van der Waals surface area contributed by atoms with Gasteiger partial charge < -0.3 is 39.8 Å². The van der Waals surface area contributed by atoms with Gasteiger partial charge in [0.05, 0.1) is 19.0 Å². The van der Waals surface area contributed by atoms with Gasteiger partial charge in [-0.1, -0.05) is 10.4 Å². The maximum absolute atomic E-state index is 15.5. The largest absolute Gasteiger partial charge is 0.396 e. The molecule has 1 unspecified atom stereocenters. The van der Waals surface area contributed by atoms with Gasteiger partial charge in [0, 0.05) is 6.61 Å². The van der Waals surface area contributed by atoms with Crippen molar-refractivity contribution in [2.45, 2.75) is 55.6 Å². The number of aromatic amines is 2. The molecule has 7 N–H and O–H groups in total. The van der Waals surface area contributed by atoms with E-state index < -0.39 is 80.3 Å². The van der Waals surface area contributed by atoms with Crippen LogP contribution in [0, 0.1) is 0 Å². The lowest BCUT2D eigenvalue weighted by Gasteiger charge is -2.25. The van der Waals surface area contributed by atoms with Gasteiger partial charge in [-0.3, -0.25) is 19.1 Å². The Kier molecular flexibility index (Phi) is 7.76. The third-order valence-electron chi connectivity index (χ3n) is 6.73. The van der Waals surface area contributed by atoms with Gasteiger partial charge in [-0.25, -0.2) is 13.8 Å². The van der Waals surface area contributed by atoms with Crippen LogP contribution in [-0.2, 0) is 30.3 Å². The van der Waals surface area contributed by atoms with Gasteiger partial charge in [-0.05, 0) is 18.2 Å². The van der Waals surface area contributed by atoms with Gasteiger partial charge >= 0.3 is 6.72 Å². The number of fused-ring (bicyclic) bond motifs is 2. The predicted molar refractivity (Wildman–Crippen MR) is 139 cm³/mol. The zero-order valence-electron chi connectivity index (χ0n) is 21.4. The minimum Gasteiger partial charge on any atom is -0.396 e. The van der Waals surface area contributed by atoms with Crippen LogP contribution in [-0.4, -0.2) is 115 Å². The highest BCUT2D eigenvalue weighted by atomic mass is 32.5. The topological polar surface area (TPSA) is 277 Å². The number of hydrogen-bond donors (Lipinski definition) is 6. The van der Waals surface area contributed by atoms with E-state index in [2.05, 4.69) is 40.6 Å². The number of ether oxygens (including phenoxy) is 2. The molecule has 2 fully saturated rings. The van der Waals surface area contributed by atoms with Crippen LogP contribution in [0.2, 0.25) is 0 Å². The molecule has 43 heavy (non-hydrogen) atoms. The Morgan fingerprint density at radius 2 is 1.74 bits per heavy atom. The molecule has 24 heteroatoms. The van der Waals surface area contributed by atoms with Crippen molar-refractivity contribution in [2.24, 2.45) is 0 Å². The highest BCUT2D eigenvalue weighted by Gasteiger charge is 2.51.